The van der Waals surface area contributed by atoms with Crippen molar-refractivity contribution in [3.8, 4) is 0 Å². The van der Waals surface area contributed by atoms with Crippen molar-refractivity contribution in [3.63, 3.8) is 0 Å². The van der Waals surface area contributed by atoms with Crippen LogP contribution < -0.4 is 5.73 Å². The highest BCUT2D eigenvalue weighted by Crippen LogP contribution is 2.22. The molecule has 2 heteroatoms. The molecule has 0 fully saturated rings. The maximum Gasteiger partial charge on any atom is 0.107 e. The molecule has 0 aromatic heterocycles. The number of aliphatic imine (C=N–C) groups is 1. The number of nitrogens with two attached hydrogens (primary N) is 1. The second kappa shape index (κ2) is 5.67. The molecule has 0 heterocycles. The summed E-state index contributed by atoms with van der Waals surface area (Å²) in [6.45, 7) is 4.24. The van der Waals surface area contributed by atoms with Crippen LogP contribution in [0.5, 0.6) is 0 Å². The Balaban J connectivity index is 2.20. The van der Waals surface area contributed by atoms with E-state index in [1.165, 1.54) is 11.1 Å². The maximum atomic E-state index is 6.12. The highest BCUT2D eigenvalue weighted by molar-refractivity contribution is 5.87. The Morgan fingerprint density at radius 2 is 2.17 bits per heavy atom. The molecule has 1 unspecified atom stereocenters. The molecule has 0 radical (unpaired) electrons. The van der Waals surface area contributed by atoms with E-state index in [1.54, 1.807) is 0 Å². The van der Waals surface area contributed by atoms with E-state index in [0.717, 1.165) is 18.5 Å². The van der Waals surface area contributed by atoms with Gasteiger partial charge < -0.3 is 5.73 Å². The van der Waals surface area contributed by atoms with Crippen LogP contribution in [0, 0.1) is 5.92 Å². The minimum Gasteiger partial charge on any atom is -0.387 e. The van der Waals surface area contributed by atoms with Gasteiger partial charge in [0, 0.05) is 5.92 Å². The van der Waals surface area contributed by atoms with Crippen LogP contribution in [0.4, 0.5) is 5.69 Å². The summed E-state index contributed by atoms with van der Waals surface area (Å²) in [5, 5.41) is 0. The molecule has 94 valence electrons. The molecular formula is C16H20N2. The van der Waals surface area contributed by atoms with E-state index in [0.29, 0.717) is 5.84 Å². The monoisotopic (exact) mass is 240 g/mol. The molecule has 1 aromatic rings. The van der Waals surface area contributed by atoms with E-state index in [9.17, 15) is 0 Å². The minimum atomic E-state index is 0.235. The van der Waals surface area contributed by atoms with Crippen LogP contribution in [-0.4, -0.2) is 5.84 Å². The Bertz CT molecular complexity index is 510. The Kier molecular flexibility index (Phi) is 3.98. The summed E-state index contributed by atoms with van der Waals surface area (Å²) >= 11 is 0. The molecule has 0 bridgehead atoms. The molecule has 0 saturated carbocycles. The molecule has 0 saturated heterocycles. The first-order valence-electron chi connectivity index (χ1n) is 6.47. The quantitative estimate of drug-likeness (QED) is 0.634. The van der Waals surface area contributed by atoms with E-state index in [2.05, 4.69) is 43.1 Å². The lowest BCUT2D eigenvalue weighted by Crippen LogP contribution is -2.22. The topological polar surface area (TPSA) is 38.4 Å². The van der Waals surface area contributed by atoms with Gasteiger partial charge in [0.15, 0.2) is 0 Å². The third-order valence-electron chi connectivity index (χ3n) is 3.29. The van der Waals surface area contributed by atoms with Crippen molar-refractivity contribution in [1.29, 1.82) is 0 Å². The first-order valence-corrected chi connectivity index (χ1v) is 6.47. The van der Waals surface area contributed by atoms with Gasteiger partial charge in [-0.05, 0) is 31.4 Å². The molecule has 0 amide bonds. The Hall–Kier alpha value is -1.83. The zero-order valence-electron chi connectivity index (χ0n) is 11.1. The van der Waals surface area contributed by atoms with Crippen LogP contribution in [0.3, 0.4) is 0 Å². The maximum absolute atomic E-state index is 6.12. The molecule has 1 aromatic carbocycles. The second-order valence-corrected chi connectivity index (χ2v) is 4.67. The number of nitrogens with zero attached hydrogens (tertiary/aromatic N) is 1. The summed E-state index contributed by atoms with van der Waals surface area (Å²) in [4.78, 5) is 4.59. The number of hydrogen-bond donors (Lipinski definition) is 1. The summed E-state index contributed by atoms with van der Waals surface area (Å²) in [6.07, 6.45) is 8.39. The number of hydrogen-bond acceptors (Lipinski definition) is 1. The van der Waals surface area contributed by atoms with Crippen molar-refractivity contribution in [2.24, 2.45) is 16.6 Å². The average Bonchev–Trinajstić information content (AvgIpc) is 2.40. The number of benzene rings is 1. The van der Waals surface area contributed by atoms with Crippen molar-refractivity contribution in [2.75, 3.05) is 0 Å². The van der Waals surface area contributed by atoms with E-state index in [-0.39, 0.29) is 5.92 Å². The van der Waals surface area contributed by atoms with Crippen molar-refractivity contribution in [1.82, 2.24) is 0 Å². The van der Waals surface area contributed by atoms with Gasteiger partial charge in [0.25, 0.3) is 0 Å². The molecule has 1 aliphatic carbocycles. The lowest BCUT2D eigenvalue weighted by atomic mass is 9.96. The lowest BCUT2D eigenvalue weighted by Gasteiger charge is -2.14. The summed E-state index contributed by atoms with van der Waals surface area (Å²) in [5.74, 6) is 0.939. The number of rotatable bonds is 3. The summed E-state index contributed by atoms with van der Waals surface area (Å²) in [7, 11) is 0. The van der Waals surface area contributed by atoms with Crippen LogP contribution in [0.1, 0.15) is 25.8 Å². The standard InChI is InChI=1S/C16H20N2/c1-3-13-6-4-5-7-15(13)18-16(17)14-10-8-12(2)9-11-14/h4-10,14H,3,11H2,1-2H3,(H2,17,18). The molecule has 0 aliphatic heterocycles. The van der Waals surface area contributed by atoms with Crippen LogP contribution >= 0.6 is 0 Å². The fourth-order valence-corrected chi connectivity index (χ4v) is 2.09. The van der Waals surface area contributed by atoms with Gasteiger partial charge in [-0.25, -0.2) is 4.99 Å². The molecular weight excluding hydrogens is 220 g/mol. The number of amidine groups is 1. The highest BCUT2D eigenvalue weighted by Gasteiger charge is 2.12. The van der Waals surface area contributed by atoms with Crippen LogP contribution in [-0.2, 0) is 6.42 Å². The van der Waals surface area contributed by atoms with Gasteiger partial charge in [-0.1, -0.05) is 48.9 Å². The molecule has 2 rings (SSSR count). The molecule has 2 N–H and O–H groups in total. The van der Waals surface area contributed by atoms with E-state index in [1.807, 2.05) is 18.2 Å². The van der Waals surface area contributed by atoms with Crippen molar-refractivity contribution in [3.05, 3.63) is 53.6 Å². The number of para-hydroxylation sites is 1. The molecule has 0 spiro atoms. The summed E-state index contributed by atoms with van der Waals surface area (Å²) in [6, 6.07) is 8.18. The molecule has 18 heavy (non-hydrogen) atoms. The van der Waals surface area contributed by atoms with Gasteiger partial charge >= 0.3 is 0 Å². The predicted octanol–water partition coefficient (Wildman–Crippen LogP) is 3.76. The van der Waals surface area contributed by atoms with Crippen molar-refractivity contribution >= 4 is 11.5 Å². The van der Waals surface area contributed by atoms with Crippen LogP contribution in [0.15, 0.2) is 53.1 Å². The summed E-state index contributed by atoms with van der Waals surface area (Å²) < 4.78 is 0. The lowest BCUT2D eigenvalue weighted by molar-refractivity contribution is 0.849. The third-order valence-corrected chi connectivity index (χ3v) is 3.29. The minimum absolute atomic E-state index is 0.235. The number of aryl methyl sites for hydroxylation is 1. The molecule has 2 nitrogen and oxygen atoms in total. The van der Waals surface area contributed by atoms with Crippen LogP contribution in [0.2, 0.25) is 0 Å². The largest absolute Gasteiger partial charge is 0.387 e. The van der Waals surface area contributed by atoms with Gasteiger partial charge in [0.1, 0.15) is 5.84 Å². The van der Waals surface area contributed by atoms with Gasteiger partial charge in [-0.2, -0.15) is 0 Å². The molecule has 1 aliphatic rings. The van der Waals surface area contributed by atoms with Gasteiger partial charge in [-0.15, -0.1) is 0 Å². The Morgan fingerprint density at radius 1 is 1.39 bits per heavy atom. The van der Waals surface area contributed by atoms with Gasteiger partial charge in [-0.3, -0.25) is 0 Å². The predicted molar refractivity (Wildman–Crippen MR) is 78.1 cm³/mol. The van der Waals surface area contributed by atoms with Gasteiger partial charge in [0.2, 0.25) is 0 Å². The Morgan fingerprint density at radius 3 is 2.83 bits per heavy atom. The third kappa shape index (κ3) is 2.89. The second-order valence-electron chi connectivity index (χ2n) is 4.67. The normalized spacial score (nSPS) is 19.8. The zero-order chi connectivity index (χ0) is 13.0. The molecule has 1 atom stereocenters. The van der Waals surface area contributed by atoms with Crippen LogP contribution in [0.25, 0.3) is 0 Å². The fourth-order valence-electron chi connectivity index (χ4n) is 2.09. The van der Waals surface area contributed by atoms with Crippen molar-refractivity contribution < 1.29 is 0 Å². The smallest absolute Gasteiger partial charge is 0.107 e. The fraction of sp³-hybridized carbons (Fsp3) is 0.312. The average molecular weight is 240 g/mol. The highest BCUT2D eigenvalue weighted by atomic mass is 14.9. The Labute approximate surface area is 109 Å². The number of allylic oxidation sites excluding steroid dienone is 3. The van der Waals surface area contributed by atoms with E-state index in [4.69, 9.17) is 5.73 Å². The van der Waals surface area contributed by atoms with Gasteiger partial charge in [0.05, 0.1) is 5.69 Å². The summed E-state index contributed by atoms with van der Waals surface area (Å²) in [5.41, 5.74) is 9.66. The van der Waals surface area contributed by atoms with E-state index >= 15 is 0 Å². The zero-order valence-corrected chi connectivity index (χ0v) is 11.1. The van der Waals surface area contributed by atoms with E-state index < -0.39 is 0 Å². The SMILES string of the molecule is CCc1ccccc1N=C(N)C1C=CC(C)=CC1. The first-order chi connectivity index (χ1) is 8.70. The first kappa shape index (κ1) is 12.6. The van der Waals surface area contributed by atoms with Crippen molar-refractivity contribution in [2.45, 2.75) is 26.7 Å².